The van der Waals surface area contributed by atoms with Crippen molar-refractivity contribution in [3.05, 3.63) is 72.3 Å². The number of aryl methyl sites for hydroxylation is 1. The minimum Gasteiger partial charge on any atom is -0.0616 e. The van der Waals surface area contributed by atoms with E-state index in [0.29, 0.717) is 0 Å². The summed E-state index contributed by atoms with van der Waals surface area (Å²) >= 11 is 0. The molecule has 0 fully saturated rings. The van der Waals surface area contributed by atoms with E-state index < -0.39 is 0 Å². The zero-order valence-corrected chi connectivity index (χ0v) is 11.9. The first-order valence-corrected chi connectivity index (χ1v) is 7.40. The van der Waals surface area contributed by atoms with E-state index in [1.165, 1.54) is 49.4 Å². The van der Waals surface area contributed by atoms with Crippen molar-refractivity contribution in [2.45, 2.75) is 6.92 Å². The van der Waals surface area contributed by atoms with Crippen LogP contribution in [0.3, 0.4) is 0 Å². The molecule has 98 valence electrons. The number of benzene rings is 4. The summed E-state index contributed by atoms with van der Waals surface area (Å²) in [4.78, 5) is 0. The monoisotopic (exact) mass is 266 g/mol. The van der Waals surface area contributed by atoms with Crippen LogP contribution in [0.4, 0.5) is 0 Å². The molecule has 0 radical (unpaired) electrons. The van der Waals surface area contributed by atoms with E-state index in [0.717, 1.165) is 0 Å². The van der Waals surface area contributed by atoms with Gasteiger partial charge in [0.25, 0.3) is 0 Å². The van der Waals surface area contributed by atoms with Crippen LogP contribution in [0.25, 0.3) is 43.8 Å². The molecule has 0 saturated heterocycles. The summed E-state index contributed by atoms with van der Waals surface area (Å²) in [7, 11) is 0. The van der Waals surface area contributed by atoms with Gasteiger partial charge in [-0.3, -0.25) is 0 Å². The summed E-state index contributed by atoms with van der Waals surface area (Å²) in [5.41, 5.74) is 6.93. The van der Waals surface area contributed by atoms with Crippen LogP contribution in [0.15, 0.2) is 66.7 Å². The molecule has 1 aliphatic carbocycles. The van der Waals surface area contributed by atoms with Crippen molar-refractivity contribution in [3.63, 3.8) is 0 Å². The quantitative estimate of drug-likeness (QED) is 0.304. The van der Waals surface area contributed by atoms with E-state index in [1.54, 1.807) is 0 Å². The molecule has 21 heavy (non-hydrogen) atoms. The maximum atomic E-state index is 2.26. The minimum absolute atomic E-state index is 1.37. The Kier molecular flexibility index (Phi) is 1.97. The van der Waals surface area contributed by atoms with E-state index in [9.17, 15) is 0 Å². The largest absolute Gasteiger partial charge is 0.0616 e. The van der Waals surface area contributed by atoms with E-state index >= 15 is 0 Å². The van der Waals surface area contributed by atoms with Gasteiger partial charge >= 0.3 is 0 Å². The smallest absolute Gasteiger partial charge is 0.00141 e. The third kappa shape index (κ3) is 1.25. The lowest BCUT2D eigenvalue weighted by Gasteiger charge is -2.11. The fourth-order valence-corrected chi connectivity index (χ4v) is 3.88. The van der Waals surface area contributed by atoms with Gasteiger partial charge in [0.05, 0.1) is 0 Å². The molecular formula is C21H14. The molecule has 0 saturated carbocycles. The SMILES string of the molecule is Cc1c2ccccc2c2c3c(cccc13)-c1ccccc1-2. The first-order valence-electron chi connectivity index (χ1n) is 7.40. The zero-order valence-electron chi connectivity index (χ0n) is 11.9. The molecule has 0 atom stereocenters. The van der Waals surface area contributed by atoms with Gasteiger partial charge in [-0.2, -0.15) is 0 Å². The normalized spacial score (nSPS) is 12.0. The third-order valence-electron chi connectivity index (χ3n) is 4.81. The van der Waals surface area contributed by atoms with Crippen LogP contribution in [0.5, 0.6) is 0 Å². The Hall–Kier alpha value is -2.60. The van der Waals surface area contributed by atoms with Gasteiger partial charge in [0.1, 0.15) is 0 Å². The summed E-state index contributed by atoms with van der Waals surface area (Å²) in [6, 6.07) is 24.3. The number of hydrogen-bond donors (Lipinski definition) is 0. The highest BCUT2D eigenvalue weighted by atomic mass is 14.3. The Morgan fingerprint density at radius 1 is 0.524 bits per heavy atom. The lowest BCUT2D eigenvalue weighted by atomic mass is 9.92. The summed E-state index contributed by atoms with van der Waals surface area (Å²) < 4.78 is 0. The Bertz CT molecular complexity index is 1040. The maximum Gasteiger partial charge on any atom is -0.00141 e. The Balaban J connectivity index is 2.18. The Morgan fingerprint density at radius 3 is 2.00 bits per heavy atom. The fourth-order valence-electron chi connectivity index (χ4n) is 3.88. The molecule has 4 aromatic carbocycles. The second kappa shape index (κ2) is 3.73. The molecule has 0 aromatic heterocycles. The predicted molar refractivity (Wildman–Crippen MR) is 90.6 cm³/mol. The summed E-state index contributed by atoms with van der Waals surface area (Å²) in [6.07, 6.45) is 0. The third-order valence-corrected chi connectivity index (χ3v) is 4.81. The molecule has 0 unspecified atom stereocenters. The molecule has 4 aromatic rings. The standard InChI is InChI=1S/C21H14/c1-13-14-7-2-4-9-17(14)21-18-10-5-3-8-16(18)19-12-6-11-15(13)20(19)21/h2-12H,1H3. The first-order chi connectivity index (χ1) is 10.4. The summed E-state index contributed by atoms with van der Waals surface area (Å²) in [6.45, 7) is 2.24. The first kappa shape index (κ1) is 11.1. The highest BCUT2D eigenvalue weighted by Crippen LogP contribution is 2.51. The van der Waals surface area contributed by atoms with Crippen molar-refractivity contribution < 1.29 is 0 Å². The second-order valence-corrected chi connectivity index (χ2v) is 5.82. The van der Waals surface area contributed by atoms with Crippen molar-refractivity contribution in [3.8, 4) is 22.3 Å². The van der Waals surface area contributed by atoms with Gasteiger partial charge in [-0.05, 0) is 56.3 Å². The van der Waals surface area contributed by atoms with E-state index in [2.05, 4.69) is 73.7 Å². The zero-order chi connectivity index (χ0) is 14.0. The van der Waals surface area contributed by atoms with Crippen molar-refractivity contribution in [2.75, 3.05) is 0 Å². The molecule has 0 N–H and O–H groups in total. The molecule has 5 rings (SSSR count). The average Bonchev–Trinajstić information content (AvgIpc) is 2.88. The lowest BCUT2D eigenvalue weighted by molar-refractivity contribution is 1.59. The number of rotatable bonds is 0. The molecule has 1 aliphatic rings. The Morgan fingerprint density at radius 2 is 1.14 bits per heavy atom. The predicted octanol–water partition coefficient (Wildman–Crippen LogP) is 5.95. The van der Waals surface area contributed by atoms with Crippen LogP contribution in [0.1, 0.15) is 5.56 Å². The fraction of sp³-hybridized carbons (Fsp3) is 0.0476. The Labute approximate surface area is 123 Å². The van der Waals surface area contributed by atoms with Gasteiger partial charge in [0, 0.05) is 0 Å². The van der Waals surface area contributed by atoms with Crippen molar-refractivity contribution in [2.24, 2.45) is 0 Å². The molecule has 0 aliphatic heterocycles. The van der Waals surface area contributed by atoms with Gasteiger partial charge in [-0.1, -0.05) is 66.7 Å². The van der Waals surface area contributed by atoms with E-state index in [-0.39, 0.29) is 0 Å². The molecule has 0 heterocycles. The molecular weight excluding hydrogens is 252 g/mol. The van der Waals surface area contributed by atoms with Gasteiger partial charge in [-0.25, -0.2) is 0 Å². The van der Waals surface area contributed by atoms with Crippen LogP contribution in [-0.2, 0) is 0 Å². The maximum absolute atomic E-state index is 2.26. The number of fused-ring (bicyclic) bond motifs is 5. The van der Waals surface area contributed by atoms with Crippen LogP contribution in [0.2, 0.25) is 0 Å². The molecule has 0 amide bonds. The van der Waals surface area contributed by atoms with Crippen LogP contribution in [0, 0.1) is 6.92 Å². The average molecular weight is 266 g/mol. The van der Waals surface area contributed by atoms with Crippen LogP contribution in [-0.4, -0.2) is 0 Å². The van der Waals surface area contributed by atoms with Crippen molar-refractivity contribution in [1.82, 2.24) is 0 Å². The minimum atomic E-state index is 1.37. The molecule has 0 heteroatoms. The highest BCUT2D eigenvalue weighted by Gasteiger charge is 2.23. The van der Waals surface area contributed by atoms with Crippen LogP contribution >= 0.6 is 0 Å². The molecule has 0 nitrogen and oxygen atoms in total. The highest BCUT2D eigenvalue weighted by molar-refractivity contribution is 6.25. The van der Waals surface area contributed by atoms with E-state index in [4.69, 9.17) is 0 Å². The molecule has 0 bridgehead atoms. The lowest BCUT2D eigenvalue weighted by Crippen LogP contribution is -1.85. The van der Waals surface area contributed by atoms with E-state index in [1.807, 2.05) is 0 Å². The second-order valence-electron chi connectivity index (χ2n) is 5.82. The summed E-state index contributed by atoms with van der Waals surface area (Å²) in [5.74, 6) is 0. The van der Waals surface area contributed by atoms with Crippen molar-refractivity contribution >= 4 is 21.5 Å². The van der Waals surface area contributed by atoms with Gasteiger partial charge in [0.2, 0.25) is 0 Å². The van der Waals surface area contributed by atoms with Gasteiger partial charge < -0.3 is 0 Å². The number of hydrogen-bond acceptors (Lipinski definition) is 0. The van der Waals surface area contributed by atoms with Crippen molar-refractivity contribution in [1.29, 1.82) is 0 Å². The topological polar surface area (TPSA) is 0 Å². The van der Waals surface area contributed by atoms with Crippen LogP contribution < -0.4 is 0 Å². The summed E-state index contributed by atoms with van der Waals surface area (Å²) in [5, 5.41) is 5.56. The van der Waals surface area contributed by atoms with Gasteiger partial charge in [-0.15, -0.1) is 0 Å². The molecule has 0 spiro atoms. The van der Waals surface area contributed by atoms with Gasteiger partial charge in [0.15, 0.2) is 0 Å².